The average Bonchev–Trinajstić information content (AvgIpc) is 2.85. The Balaban J connectivity index is 2.07. The van der Waals surface area contributed by atoms with Gasteiger partial charge in [0.05, 0.1) is 11.5 Å². The monoisotopic (exact) mass is 338 g/mol. The lowest BCUT2D eigenvalue weighted by molar-refractivity contribution is -0.140. The van der Waals surface area contributed by atoms with Crippen LogP contribution in [0.4, 0.5) is 5.69 Å². The van der Waals surface area contributed by atoms with Gasteiger partial charge >= 0.3 is 0 Å². The zero-order valence-corrected chi connectivity index (χ0v) is 14.4. The van der Waals surface area contributed by atoms with Crippen molar-refractivity contribution >= 4 is 27.3 Å². The van der Waals surface area contributed by atoms with E-state index in [0.717, 1.165) is 0 Å². The summed E-state index contributed by atoms with van der Waals surface area (Å²) >= 11 is 0. The average molecular weight is 338 g/mol. The smallest absolute Gasteiger partial charge is 0.241 e. The topological polar surface area (TPSA) is 83.6 Å². The molecule has 1 aliphatic rings. The standard InChI is InChI=1S/C16H22N2O4S/c1-16(2,14(19)17-12-9-10-23(21,22)11-12)15(20)18(3)13-7-5-4-6-8-13/h4-8,12H,9-11H2,1-3H3,(H,17,19). The number of carbonyl (C=O) groups excluding carboxylic acids is 2. The molecule has 126 valence electrons. The molecular weight excluding hydrogens is 316 g/mol. The van der Waals surface area contributed by atoms with Crippen molar-refractivity contribution < 1.29 is 18.0 Å². The van der Waals surface area contributed by atoms with Gasteiger partial charge in [0.2, 0.25) is 11.8 Å². The van der Waals surface area contributed by atoms with Gasteiger partial charge in [-0.25, -0.2) is 8.42 Å². The molecule has 6 nitrogen and oxygen atoms in total. The molecule has 1 aliphatic heterocycles. The first-order valence-electron chi connectivity index (χ1n) is 7.48. The summed E-state index contributed by atoms with van der Waals surface area (Å²) in [5, 5.41) is 2.70. The molecule has 7 heteroatoms. The van der Waals surface area contributed by atoms with Crippen molar-refractivity contribution in [3.05, 3.63) is 30.3 Å². The van der Waals surface area contributed by atoms with E-state index in [9.17, 15) is 18.0 Å². The molecule has 0 radical (unpaired) electrons. The van der Waals surface area contributed by atoms with Crippen molar-refractivity contribution in [2.24, 2.45) is 5.41 Å². The second kappa shape index (κ2) is 6.31. The number of benzene rings is 1. The third-order valence-corrected chi connectivity index (χ3v) is 5.89. The molecule has 1 heterocycles. The second-order valence-electron chi connectivity index (χ2n) is 6.40. The number of carbonyl (C=O) groups is 2. The fourth-order valence-corrected chi connectivity index (χ4v) is 4.23. The lowest BCUT2D eigenvalue weighted by atomic mass is 9.89. The molecule has 0 aliphatic carbocycles. The first-order valence-corrected chi connectivity index (χ1v) is 9.30. The van der Waals surface area contributed by atoms with Crippen LogP contribution >= 0.6 is 0 Å². The summed E-state index contributed by atoms with van der Waals surface area (Å²) in [6, 6.07) is 8.64. The Morgan fingerprint density at radius 1 is 1.22 bits per heavy atom. The maximum Gasteiger partial charge on any atom is 0.241 e. The predicted octanol–water partition coefficient (Wildman–Crippen LogP) is 0.979. The van der Waals surface area contributed by atoms with E-state index in [1.165, 1.54) is 4.90 Å². The van der Waals surface area contributed by atoms with Crippen LogP contribution in [0, 0.1) is 5.41 Å². The van der Waals surface area contributed by atoms with Crippen molar-refractivity contribution in [1.29, 1.82) is 0 Å². The lowest BCUT2D eigenvalue weighted by Crippen LogP contribution is -2.51. The van der Waals surface area contributed by atoms with Crippen molar-refractivity contribution in [2.75, 3.05) is 23.5 Å². The minimum atomic E-state index is -3.08. The largest absolute Gasteiger partial charge is 0.351 e. The van der Waals surface area contributed by atoms with Crippen molar-refractivity contribution in [1.82, 2.24) is 5.32 Å². The van der Waals surface area contributed by atoms with Gasteiger partial charge in [0, 0.05) is 18.8 Å². The Kier molecular flexibility index (Phi) is 4.79. The summed E-state index contributed by atoms with van der Waals surface area (Å²) in [5.41, 5.74) is -0.585. The minimum Gasteiger partial charge on any atom is -0.351 e. The van der Waals surface area contributed by atoms with Crippen LogP contribution in [0.15, 0.2) is 30.3 Å². The summed E-state index contributed by atoms with van der Waals surface area (Å²) in [7, 11) is -1.46. The first-order chi connectivity index (χ1) is 10.6. The Morgan fingerprint density at radius 3 is 2.35 bits per heavy atom. The highest BCUT2D eigenvalue weighted by molar-refractivity contribution is 7.91. The second-order valence-corrected chi connectivity index (χ2v) is 8.63. The van der Waals surface area contributed by atoms with E-state index in [-0.39, 0.29) is 17.4 Å². The molecule has 0 saturated carbocycles. The first kappa shape index (κ1) is 17.5. The maximum absolute atomic E-state index is 12.7. The molecule has 1 N–H and O–H groups in total. The van der Waals surface area contributed by atoms with Crippen molar-refractivity contribution in [3.63, 3.8) is 0 Å². The molecular formula is C16H22N2O4S. The molecule has 0 aromatic heterocycles. The lowest BCUT2D eigenvalue weighted by Gasteiger charge is -2.29. The van der Waals surface area contributed by atoms with E-state index in [1.54, 1.807) is 33.0 Å². The molecule has 0 spiro atoms. The highest BCUT2D eigenvalue weighted by atomic mass is 32.2. The van der Waals surface area contributed by atoms with E-state index in [4.69, 9.17) is 0 Å². The Morgan fingerprint density at radius 2 is 1.83 bits per heavy atom. The summed E-state index contributed by atoms with van der Waals surface area (Å²) in [4.78, 5) is 26.5. The zero-order chi connectivity index (χ0) is 17.3. The van der Waals surface area contributed by atoms with E-state index >= 15 is 0 Å². The minimum absolute atomic E-state index is 0.0580. The predicted molar refractivity (Wildman–Crippen MR) is 88.8 cm³/mol. The molecule has 1 aromatic carbocycles. The van der Waals surface area contributed by atoms with Crippen LogP contribution in [0.25, 0.3) is 0 Å². The van der Waals surface area contributed by atoms with Crippen LogP contribution in [0.2, 0.25) is 0 Å². The molecule has 2 rings (SSSR count). The Hall–Kier alpha value is -1.89. The molecule has 1 saturated heterocycles. The fourth-order valence-electron chi connectivity index (χ4n) is 2.56. The van der Waals surface area contributed by atoms with E-state index in [2.05, 4.69) is 5.32 Å². The summed E-state index contributed by atoms with van der Waals surface area (Å²) in [5.74, 6) is -0.775. The van der Waals surface area contributed by atoms with Crippen LogP contribution in [0.5, 0.6) is 0 Å². The Bertz CT molecular complexity index is 698. The van der Waals surface area contributed by atoms with Gasteiger partial charge in [0.25, 0.3) is 0 Å². The number of amides is 2. The van der Waals surface area contributed by atoms with Crippen LogP contribution in [-0.2, 0) is 19.4 Å². The van der Waals surface area contributed by atoms with Crippen molar-refractivity contribution in [3.8, 4) is 0 Å². The third-order valence-electron chi connectivity index (χ3n) is 4.12. The van der Waals surface area contributed by atoms with Crippen LogP contribution < -0.4 is 10.2 Å². The number of hydrogen-bond acceptors (Lipinski definition) is 4. The highest BCUT2D eigenvalue weighted by Gasteiger charge is 2.40. The highest BCUT2D eigenvalue weighted by Crippen LogP contribution is 2.24. The number of para-hydroxylation sites is 1. The molecule has 23 heavy (non-hydrogen) atoms. The fraction of sp³-hybridized carbons (Fsp3) is 0.500. The van der Waals surface area contributed by atoms with Crippen LogP contribution in [0.3, 0.4) is 0 Å². The third kappa shape index (κ3) is 3.90. The van der Waals surface area contributed by atoms with Gasteiger partial charge in [-0.05, 0) is 32.4 Å². The SMILES string of the molecule is CN(C(=O)C(C)(C)C(=O)NC1CCS(=O)(=O)C1)c1ccccc1. The normalized spacial score (nSPS) is 20.0. The quantitative estimate of drug-likeness (QED) is 0.830. The van der Waals surface area contributed by atoms with Crippen LogP contribution in [0.1, 0.15) is 20.3 Å². The van der Waals surface area contributed by atoms with Gasteiger partial charge in [0.1, 0.15) is 5.41 Å². The van der Waals surface area contributed by atoms with E-state index in [0.29, 0.717) is 12.1 Å². The molecule has 1 aromatic rings. The molecule has 1 unspecified atom stereocenters. The zero-order valence-electron chi connectivity index (χ0n) is 13.6. The Labute approximate surface area is 136 Å². The number of nitrogens with one attached hydrogen (secondary N) is 1. The maximum atomic E-state index is 12.7. The molecule has 1 fully saturated rings. The van der Waals surface area contributed by atoms with Crippen molar-refractivity contribution in [2.45, 2.75) is 26.3 Å². The summed E-state index contributed by atoms with van der Waals surface area (Å²) in [6.07, 6.45) is 0.396. The molecule has 0 bridgehead atoms. The van der Waals surface area contributed by atoms with Gasteiger partial charge in [-0.1, -0.05) is 18.2 Å². The van der Waals surface area contributed by atoms with E-state index in [1.807, 2.05) is 18.2 Å². The summed E-state index contributed by atoms with van der Waals surface area (Å²) in [6.45, 7) is 3.10. The molecule has 1 atom stereocenters. The van der Waals surface area contributed by atoms with Gasteiger partial charge in [0.15, 0.2) is 9.84 Å². The van der Waals surface area contributed by atoms with Crippen LogP contribution in [-0.4, -0.2) is 44.8 Å². The number of nitrogens with zero attached hydrogens (tertiary/aromatic N) is 1. The van der Waals surface area contributed by atoms with E-state index < -0.39 is 27.2 Å². The number of anilines is 1. The van der Waals surface area contributed by atoms with Gasteiger partial charge in [-0.2, -0.15) is 0 Å². The number of sulfone groups is 1. The number of rotatable bonds is 4. The molecule has 2 amide bonds. The van der Waals surface area contributed by atoms with Gasteiger partial charge < -0.3 is 10.2 Å². The summed E-state index contributed by atoms with van der Waals surface area (Å²) < 4.78 is 22.9. The number of hydrogen-bond donors (Lipinski definition) is 1. The van der Waals surface area contributed by atoms with Gasteiger partial charge in [-0.3, -0.25) is 9.59 Å². The van der Waals surface area contributed by atoms with Gasteiger partial charge in [-0.15, -0.1) is 0 Å².